The molecule has 5 rings (SSSR count). The van der Waals surface area contributed by atoms with Crippen LogP contribution in [0.3, 0.4) is 0 Å². The van der Waals surface area contributed by atoms with Crippen LogP contribution in [0.15, 0.2) is 42.6 Å². The van der Waals surface area contributed by atoms with Crippen LogP contribution in [0.2, 0.25) is 0 Å². The van der Waals surface area contributed by atoms with Crippen molar-refractivity contribution in [2.45, 2.75) is 25.8 Å². The van der Waals surface area contributed by atoms with Gasteiger partial charge in [0.2, 0.25) is 0 Å². The maximum Gasteiger partial charge on any atom is 0.307 e. The number of rotatable bonds is 6. The van der Waals surface area contributed by atoms with E-state index < -0.39 is 5.82 Å². The van der Waals surface area contributed by atoms with Gasteiger partial charge in [0, 0.05) is 29.7 Å². The zero-order chi connectivity index (χ0) is 23.8. The second kappa shape index (κ2) is 8.75. The van der Waals surface area contributed by atoms with Crippen molar-refractivity contribution in [3.8, 4) is 28.4 Å². The van der Waals surface area contributed by atoms with Crippen LogP contribution < -0.4 is 5.32 Å². The first-order valence-electron chi connectivity index (χ1n) is 11.0. The number of nitrogens with one attached hydrogen (secondary N) is 3. The van der Waals surface area contributed by atoms with Crippen molar-refractivity contribution >= 4 is 22.4 Å². The molecule has 2 aromatic heterocycles. The lowest BCUT2D eigenvalue weighted by Crippen LogP contribution is -2.25. The van der Waals surface area contributed by atoms with Crippen LogP contribution in [-0.4, -0.2) is 50.9 Å². The number of aryl methyl sites for hydroxylation is 1. The van der Waals surface area contributed by atoms with Crippen LogP contribution in [0.1, 0.15) is 24.6 Å². The topological polar surface area (TPSA) is 116 Å². The Kier molecular flexibility index (Phi) is 5.62. The molecule has 0 saturated heterocycles. The third-order valence-corrected chi connectivity index (χ3v) is 6.14. The van der Waals surface area contributed by atoms with E-state index in [0.29, 0.717) is 41.0 Å². The van der Waals surface area contributed by atoms with E-state index in [1.807, 2.05) is 19.1 Å². The highest BCUT2D eigenvalue weighted by Crippen LogP contribution is 2.35. The van der Waals surface area contributed by atoms with E-state index >= 15 is 4.39 Å². The predicted molar refractivity (Wildman–Crippen MR) is 127 cm³/mol. The quantitative estimate of drug-likeness (QED) is 0.323. The number of halogens is 1. The molecule has 9 heteroatoms. The second-order valence-electron chi connectivity index (χ2n) is 8.21. The van der Waals surface area contributed by atoms with Gasteiger partial charge in [-0.25, -0.2) is 9.37 Å². The summed E-state index contributed by atoms with van der Waals surface area (Å²) in [5, 5.41) is 20.8. The summed E-state index contributed by atoms with van der Waals surface area (Å²) < 4.78 is 20.2. The average molecular weight is 461 g/mol. The number of fused-ring (bicyclic) bond motifs is 1. The van der Waals surface area contributed by atoms with E-state index in [2.05, 4.69) is 25.5 Å². The minimum atomic E-state index is -0.406. The van der Waals surface area contributed by atoms with Crippen molar-refractivity contribution in [1.82, 2.24) is 25.5 Å². The Morgan fingerprint density at radius 3 is 2.88 bits per heavy atom. The van der Waals surface area contributed by atoms with Crippen molar-refractivity contribution < 1.29 is 19.0 Å². The first-order valence-corrected chi connectivity index (χ1v) is 11.0. The number of ether oxygens (including phenoxy) is 1. The van der Waals surface area contributed by atoms with Crippen molar-refractivity contribution in [3.63, 3.8) is 0 Å². The molecule has 0 amide bonds. The molecule has 1 aliphatic rings. The van der Waals surface area contributed by atoms with Crippen molar-refractivity contribution in [2.24, 2.45) is 0 Å². The fourth-order valence-electron chi connectivity index (χ4n) is 4.36. The van der Waals surface area contributed by atoms with E-state index in [1.165, 1.54) is 7.11 Å². The van der Waals surface area contributed by atoms with Crippen LogP contribution in [0.25, 0.3) is 39.1 Å². The smallest absolute Gasteiger partial charge is 0.307 e. The SMILES string of the molecule is CCc1cc(O)ccc1-c1ccc2c(-c3nc(C4=C[C@@H](CC(=O)OC)NC4)c[nH]3)n[nH]c2c1F. The number of H-pyrrole nitrogens is 2. The summed E-state index contributed by atoms with van der Waals surface area (Å²) in [6, 6.07) is 8.39. The number of phenols is 1. The van der Waals surface area contributed by atoms with Gasteiger partial charge in [-0.15, -0.1) is 0 Å². The lowest BCUT2D eigenvalue weighted by molar-refractivity contribution is -0.140. The van der Waals surface area contributed by atoms with Gasteiger partial charge in [0.1, 0.15) is 17.0 Å². The number of imidazole rings is 1. The molecule has 0 spiro atoms. The summed E-state index contributed by atoms with van der Waals surface area (Å²) in [6.07, 6.45) is 4.66. The number of aromatic amines is 2. The Bertz CT molecular complexity index is 1420. The number of aromatic nitrogens is 4. The zero-order valence-corrected chi connectivity index (χ0v) is 18.8. The molecule has 0 aliphatic carbocycles. The molecular formula is C25H24FN5O3. The van der Waals surface area contributed by atoms with Gasteiger partial charge in [-0.2, -0.15) is 5.10 Å². The van der Waals surface area contributed by atoms with Crippen LogP contribution in [0.4, 0.5) is 4.39 Å². The Morgan fingerprint density at radius 2 is 2.09 bits per heavy atom. The largest absolute Gasteiger partial charge is 0.508 e. The Labute approximate surface area is 194 Å². The summed E-state index contributed by atoms with van der Waals surface area (Å²) in [7, 11) is 1.37. The molecule has 4 N–H and O–H groups in total. The Balaban J connectivity index is 1.47. The molecule has 0 radical (unpaired) electrons. The summed E-state index contributed by atoms with van der Waals surface area (Å²) in [5.74, 6) is -0.00873. The summed E-state index contributed by atoms with van der Waals surface area (Å²) >= 11 is 0. The molecule has 1 atom stereocenters. The highest BCUT2D eigenvalue weighted by atomic mass is 19.1. The Morgan fingerprint density at radius 1 is 1.26 bits per heavy atom. The molecular weight excluding hydrogens is 437 g/mol. The molecule has 34 heavy (non-hydrogen) atoms. The normalized spacial score (nSPS) is 15.6. The fourth-order valence-corrected chi connectivity index (χ4v) is 4.36. The zero-order valence-electron chi connectivity index (χ0n) is 18.8. The molecule has 3 heterocycles. The number of aromatic hydroxyl groups is 1. The fraction of sp³-hybridized carbons (Fsp3) is 0.240. The number of hydrogen-bond donors (Lipinski definition) is 4. The van der Waals surface area contributed by atoms with Gasteiger partial charge in [-0.05, 0) is 41.3 Å². The van der Waals surface area contributed by atoms with Gasteiger partial charge >= 0.3 is 5.97 Å². The van der Waals surface area contributed by atoms with Crippen molar-refractivity contribution in [2.75, 3.05) is 13.7 Å². The second-order valence-corrected chi connectivity index (χ2v) is 8.21. The van der Waals surface area contributed by atoms with Gasteiger partial charge in [0.05, 0.1) is 19.2 Å². The van der Waals surface area contributed by atoms with Gasteiger partial charge in [0.15, 0.2) is 11.6 Å². The summed E-state index contributed by atoms with van der Waals surface area (Å²) in [6.45, 7) is 2.54. The number of carbonyl (C=O) groups excluding carboxylic acids is 1. The molecule has 0 bridgehead atoms. The van der Waals surface area contributed by atoms with Crippen LogP contribution in [0, 0.1) is 5.82 Å². The molecule has 1 aliphatic heterocycles. The standard InChI is InChI=1S/C25H24FN5O3/c1-3-13-9-16(32)4-5-17(13)18-6-7-19-23(22(18)26)30-31-24(19)25-28-12-20(29-25)14-8-15(27-11-14)10-21(33)34-2/h4-9,12,15,27,32H,3,10-11H2,1-2H3,(H,28,29)(H,30,31)/t15-/m0/s1. The van der Waals surface area contributed by atoms with Crippen molar-refractivity contribution in [1.29, 1.82) is 0 Å². The molecule has 174 valence electrons. The maximum atomic E-state index is 15.5. The van der Waals surface area contributed by atoms with Crippen LogP contribution in [0.5, 0.6) is 5.75 Å². The third-order valence-electron chi connectivity index (χ3n) is 6.14. The number of phenolic OH excluding ortho intramolecular Hbond substituents is 1. The Hall–Kier alpha value is -3.98. The van der Waals surface area contributed by atoms with Gasteiger partial charge in [-0.3, -0.25) is 9.89 Å². The highest BCUT2D eigenvalue weighted by Gasteiger charge is 2.22. The van der Waals surface area contributed by atoms with E-state index in [1.54, 1.807) is 30.5 Å². The average Bonchev–Trinajstić information content (AvgIpc) is 3.58. The van der Waals surface area contributed by atoms with Crippen LogP contribution in [-0.2, 0) is 16.0 Å². The molecule has 0 unspecified atom stereocenters. The van der Waals surface area contributed by atoms with Gasteiger partial charge in [0.25, 0.3) is 0 Å². The molecule has 8 nitrogen and oxygen atoms in total. The van der Waals surface area contributed by atoms with Gasteiger partial charge in [-0.1, -0.05) is 25.1 Å². The van der Waals surface area contributed by atoms with E-state index in [4.69, 9.17) is 4.74 Å². The first-order chi connectivity index (χ1) is 16.5. The maximum absolute atomic E-state index is 15.5. The molecule has 0 saturated carbocycles. The predicted octanol–water partition coefficient (Wildman–Crippen LogP) is 3.95. The van der Waals surface area contributed by atoms with E-state index in [0.717, 1.165) is 22.4 Å². The molecule has 0 fully saturated rings. The number of carbonyl (C=O) groups is 1. The lowest BCUT2D eigenvalue weighted by Gasteiger charge is -2.10. The molecule has 2 aromatic carbocycles. The third kappa shape index (κ3) is 3.84. The van der Waals surface area contributed by atoms with Crippen LogP contribution >= 0.6 is 0 Å². The number of esters is 1. The highest BCUT2D eigenvalue weighted by molar-refractivity contribution is 5.95. The minimum absolute atomic E-state index is 0.103. The molecule has 4 aromatic rings. The van der Waals surface area contributed by atoms with Crippen molar-refractivity contribution in [3.05, 3.63) is 59.7 Å². The monoisotopic (exact) mass is 461 g/mol. The number of nitrogens with zero attached hydrogens (tertiary/aromatic N) is 2. The lowest BCUT2D eigenvalue weighted by atomic mass is 9.96. The number of methoxy groups -OCH3 is 1. The van der Waals surface area contributed by atoms with E-state index in [-0.39, 0.29) is 24.2 Å². The summed E-state index contributed by atoms with van der Waals surface area (Å²) in [5.41, 5.74) is 4.55. The summed E-state index contributed by atoms with van der Waals surface area (Å²) in [4.78, 5) is 19.3. The minimum Gasteiger partial charge on any atom is -0.508 e. The first kappa shape index (κ1) is 21.8. The van der Waals surface area contributed by atoms with Gasteiger partial charge < -0.3 is 20.1 Å². The number of hydrogen-bond acceptors (Lipinski definition) is 6. The number of benzene rings is 2. The van der Waals surface area contributed by atoms with E-state index in [9.17, 15) is 9.90 Å².